The highest BCUT2D eigenvalue weighted by Crippen LogP contribution is 2.67. The fourth-order valence-electron chi connectivity index (χ4n) is 10.1. The van der Waals surface area contributed by atoms with Gasteiger partial charge in [-0.1, -0.05) is 63.6 Å². The third kappa shape index (κ3) is 5.55. The molecule has 4 fully saturated rings. The van der Waals surface area contributed by atoms with Crippen LogP contribution < -0.4 is 0 Å². The van der Waals surface area contributed by atoms with E-state index in [1.807, 2.05) is 0 Å². The highest BCUT2D eigenvalue weighted by atomic mass is 16.7. The Morgan fingerprint density at radius 1 is 1.07 bits per heavy atom. The van der Waals surface area contributed by atoms with E-state index in [-0.39, 0.29) is 11.5 Å². The lowest BCUT2D eigenvalue weighted by atomic mass is 9.47. The van der Waals surface area contributed by atoms with Crippen molar-refractivity contribution >= 4 is 0 Å². The van der Waals surface area contributed by atoms with Crippen LogP contribution in [0.4, 0.5) is 0 Å². The zero-order chi connectivity index (χ0) is 29.7. The number of allylic oxidation sites excluding steroid dienone is 4. The molecule has 12 unspecified atom stereocenters. The fourth-order valence-corrected chi connectivity index (χ4v) is 10.1. The van der Waals surface area contributed by atoms with Crippen LogP contribution in [-0.2, 0) is 9.47 Å². The molecule has 0 spiro atoms. The van der Waals surface area contributed by atoms with Gasteiger partial charge in [0.2, 0.25) is 0 Å². The molecule has 1 aliphatic heterocycles. The molecule has 4 N–H and O–H groups in total. The van der Waals surface area contributed by atoms with Gasteiger partial charge < -0.3 is 29.9 Å². The standard InChI is InChI=1S/C35H56O6/c1-7-22(20(2)3)9-8-21(4)26-12-13-27-25-11-10-23-18-24(14-16-34(23,5)28(25)15-17-35(26,27)6)40-33-32(39)31(38)30(37)29(19-36)41-33/h8-10,21-22,24-33,36-39H,2,7,11-19H2,1,3-6H3/t21?,22?,24?,25?,26?,27?,28?,29?,30?,31?,32?,33?,34-,35+/m0/s1. The normalized spacial score (nSPS) is 47.7. The minimum absolute atomic E-state index is 0.115. The Morgan fingerprint density at radius 3 is 2.51 bits per heavy atom. The molecule has 6 nitrogen and oxygen atoms in total. The maximum atomic E-state index is 10.5. The summed E-state index contributed by atoms with van der Waals surface area (Å²) in [5, 5.41) is 40.4. The van der Waals surface area contributed by atoms with E-state index in [9.17, 15) is 20.4 Å². The van der Waals surface area contributed by atoms with E-state index in [2.05, 4.69) is 59.4 Å². The van der Waals surface area contributed by atoms with Crippen molar-refractivity contribution in [1.82, 2.24) is 0 Å². The fraction of sp³-hybridized carbons (Fsp3) is 0.829. The lowest BCUT2D eigenvalue weighted by Crippen LogP contribution is -2.60. The highest BCUT2D eigenvalue weighted by molar-refractivity contribution is 5.26. The summed E-state index contributed by atoms with van der Waals surface area (Å²) in [7, 11) is 0. The number of aliphatic hydroxyl groups excluding tert-OH is 4. The van der Waals surface area contributed by atoms with E-state index in [1.165, 1.54) is 36.8 Å². The Labute approximate surface area is 247 Å². The molecule has 0 aromatic heterocycles. The monoisotopic (exact) mass is 572 g/mol. The highest BCUT2D eigenvalue weighted by Gasteiger charge is 2.59. The van der Waals surface area contributed by atoms with Gasteiger partial charge in [0.25, 0.3) is 0 Å². The van der Waals surface area contributed by atoms with Crippen LogP contribution in [-0.4, -0.2) is 63.8 Å². The second-order valence-corrected chi connectivity index (χ2v) is 14.8. The number of rotatable bonds is 8. The Hall–Kier alpha value is -1.02. The average molecular weight is 573 g/mol. The summed E-state index contributed by atoms with van der Waals surface area (Å²) in [5.41, 5.74) is 3.33. The topological polar surface area (TPSA) is 99.4 Å². The smallest absolute Gasteiger partial charge is 0.186 e. The molecule has 4 aliphatic carbocycles. The number of ether oxygens (including phenoxy) is 2. The van der Waals surface area contributed by atoms with Crippen LogP contribution in [0.15, 0.2) is 36.0 Å². The van der Waals surface area contributed by atoms with Crippen molar-refractivity contribution in [3.8, 4) is 0 Å². The molecule has 0 aromatic rings. The predicted molar refractivity (Wildman–Crippen MR) is 161 cm³/mol. The number of hydrogen-bond acceptors (Lipinski definition) is 6. The summed E-state index contributed by atoms with van der Waals surface area (Å²) in [6, 6.07) is 0. The summed E-state index contributed by atoms with van der Waals surface area (Å²) in [5.74, 6) is 4.04. The van der Waals surface area contributed by atoms with Crippen molar-refractivity contribution in [3.63, 3.8) is 0 Å². The summed E-state index contributed by atoms with van der Waals surface area (Å²) in [4.78, 5) is 0. The van der Waals surface area contributed by atoms with Crippen molar-refractivity contribution in [2.45, 2.75) is 129 Å². The van der Waals surface area contributed by atoms with Gasteiger partial charge >= 0.3 is 0 Å². The van der Waals surface area contributed by atoms with E-state index in [4.69, 9.17) is 9.47 Å². The van der Waals surface area contributed by atoms with Gasteiger partial charge in [0.1, 0.15) is 24.4 Å². The van der Waals surface area contributed by atoms with Crippen LogP contribution in [0.3, 0.4) is 0 Å². The predicted octanol–water partition coefficient (Wildman–Crippen LogP) is 5.55. The second kappa shape index (κ2) is 12.2. The number of hydrogen-bond donors (Lipinski definition) is 4. The first-order valence-electron chi connectivity index (χ1n) is 16.4. The summed E-state index contributed by atoms with van der Waals surface area (Å²) in [6.45, 7) is 15.7. The zero-order valence-corrected chi connectivity index (χ0v) is 26.0. The van der Waals surface area contributed by atoms with Gasteiger partial charge in [0, 0.05) is 0 Å². The van der Waals surface area contributed by atoms with Crippen molar-refractivity contribution in [2.24, 2.45) is 46.3 Å². The van der Waals surface area contributed by atoms with Crippen LogP contribution in [0.2, 0.25) is 0 Å². The maximum Gasteiger partial charge on any atom is 0.186 e. The molecule has 14 atom stereocenters. The molecule has 6 heteroatoms. The van der Waals surface area contributed by atoms with Crippen molar-refractivity contribution < 1.29 is 29.9 Å². The maximum absolute atomic E-state index is 10.5. The number of fused-ring (bicyclic) bond motifs is 5. The van der Waals surface area contributed by atoms with Gasteiger partial charge in [-0.2, -0.15) is 0 Å². The van der Waals surface area contributed by atoms with Crippen LogP contribution in [0.25, 0.3) is 0 Å². The van der Waals surface area contributed by atoms with Crippen molar-refractivity contribution in [2.75, 3.05) is 6.61 Å². The number of aliphatic hydroxyl groups is 4. The molecule has 3 saturated carbocycles. The minimum Gasteiger partial charge on any atom is -0.394 e. The van der Waals surface area contributed by atoms with E-state index in [0.717, 1.165) is 49.9 Å². The molecule has 0 aromatic carbocycles. The molecule has 1 saturated heterocycles. The summed E-state index contributed by atoms with van der Waals surface area (Å²) >= 11 is 0. The summed E-state index contributed by atoms with van der Waals surface area (Å²) < 4.78 is 11.9. The molecule has 5 rings (SSSR count). The Morgan fingerprint density at radius 2 is 1.83 bits per heavy atom. The van der Waals surface area contributed by atoms with Crippen LogP contribution in [0.1, 0.15) is 92.4 Å². The summed E-state index contributed by atoms with van der Waals surface area (Å²) in [6.07, 6.45) is 11.5. The first kappa shape index (κ1) is 31.4. The largest absolute Gasteiger partial charge is 0.394 e. The van der Waals surface area contributed by atoms with Crippen LogP contribution >= 0.6 is 0 Å². The Kier molecular flexibility index (Phi) is 9.32. The molecule has 0 radical (unpaired) electrons. The lowest BCUT2D eigenvalue weighted by molar-refractivity contribution is -0.313. The third-order valence-electron chi connectivity index (χ3n) is 12.7. The SMILES string of the molecule is C=C(C)C(C=CC(C)C1CCC2C3CC=C4CC(OC5OC(CO)C(O)C(O)C5O)CC[C@]4(C)C3CC[C@]12C)CC. The van der Waals surface area contributed by atoms with Gasteiger partial charge in [-0.05, 0) is 111 Å². The lowest BCUT2D eigenvalue weighted by Gasteiger charge is -2.58. The van der Waals surface area contributed by atoms with Crippen LogP contribution in [0.5, 0.6) is 0 Å². The van der Waals surface area contributed by atoms with E-state index >= 15 is 0 Å². The zero-order valence-electron chi connectivity index (χ0n) is 26.0. The van der Waals surface area contributed by atoms with E-state index < -0.39 is 37.3 Å². The quantitative estimate of drug-likeness (QED) is 0.285. The first-order valence-corrected chi connectivity index (χ1v) is 16.4. The van der Waals surface area contributed by atoms with Crippen molar-refractivity contribution in [1.29, 1.82) is 0 Å². The van der Waals surface area contributed by atoms with Gasteiger partial charge in [0.15, 0.2) is 6.29 Å². The molecular weight excluding hydrogens is 516 g/mol. The Balaban J connectivity index is 1.26. The van der Waals surface area contributed by atoms with E-state index in [0.29, 0.717) is 23.2 Å². The van der Waals surface area contributed by atoms with E-state index in [1.54, 1.807) is 0 Å². The molecule has 0 bridgehead atoms. The van der Waals surface area contributed by atoms with Gasteiger partial charge in [-0.15, -0.1) is 0 Å². The molecule has 5 aliphatic rings. The molecule has 0 amide bonds. The molecule has 1 heterocycles. The third-order valence-corrected chi connectivity index (χ3v) is 12.7. The Bertz CT molecular complexity index is 1000. The van der Waals surface area contributed by atoms with Crippen molar-refractivity contribution in [3.05, 3.63) is 36.0 Å². The minimum atomic E-state index is -1.40. The molecule has 232 valence electrons. The average Bonchev–Trinajstić information content (AvgIpc) is 3.30. The molecular formula is C35H56O6. The van der Waals surface area contributed by atoms with Gasteiger partial charge in [-0.3, -0.25) is 0 Å². The van der Waals surface area contributed by atoms with Crippen LogP contribution in [0, 0.1) is 46.3 Å². The van der Waals surface area contributed by atoms with Gasteiger partial charge in [-0.25, -0.2) is 0 Å². The van der Waals surface area contributed by atoms with Gasteiger partial charge in [0.05, 0.1) is 12.7 Å². The second-order valence-electron chi connectivity index (χ2n) is 14.8. The molecule has 41 heavy (non-hydrogen) atoms. The first-order chi connectivity index (χ1) is 19.4.